The first-order chi connectivity index (χ1) is 12.7. The van der Waals surface area contributed by atoms with Crippen LogP contribution in [0.3, 0.4) is 0 Å². The largest absolute Gasteiger partial charge is 0.480 e. The smallest absolute Gasteiger partial charge is 0.326 e. The van der Waals surface area contributed by atoms with Crippen molar-refractivity contribution in [2.24, 2.45) is 5.92 Å². The Balaban J connectivity index is 1.89. The second kappa shape index (κ2) is 9.32. The first kappa shape index (κ1) is 21.4. The summed E-state index contributed by atoms with van der Waals surface area (Å²) < 4.78 is 27.3. The average molecular weight is 397 g/mol. The summed E-state index contributed by atoms with van der Waals surface area (Å²) in [6.45, 7) is 3.66. The van der Waals surface area contributed by atoms with E-state index in [0.717, 1.165) is 31.2 Å². The highest BCUT2D eigenvalue weighted by Crippen LogP contribution is 2.24. The Hall–Kier alpha value is -1.93. The fourth-order valence-electron chi connectivity index (χ4n) is 3.22. The standard InChI is InChI=1S/C19H28N2O5S/c1-13(2)11-17(19(23)24)21-18(22)9-10-20-27(25,26)16-8-7-14-5-3-4-6-15(14)12-16/h7-8,12-13,17,20H,3-6,9-11H2,1-2H3,(H,21,22)(H,23,24). The van der Waals surface area contributed by atoms with E-state index in [2.05, 4.69) is 10.0 Å². The molecule has 0 aromatic heterocycles. The van der Waals surface area contributed by atoms with E-state index in [-0.39, 0.29) is 23.8 Å². The number of sulfonamides is 1. The third kappa shape index (κ3) is 6.32. The van der Waals surface area contributed by atoms with Gasteiger partial charge in [0.2, 0.25) is 15.9 Å². The normalized spacial score (nSPS) is 15.2. The van der Waals surface area contributed by atoms with Crippen LogP contribution in [0.4, 0.5) is 0 Å². The highest BCUT2D eigenvalue weighted by atomic mass is 32.2. The molecule has 1 unspecified atom stereocenters. The molecule has 7 nitrogen and oxygen atoms in total. The van der Waals surface area contributed by atoms with Gasteiger partial charge < -0.3 is 10.4 Å². The SMILES string of the molecule is CC(C)CC(NC(=O)CCNS(=O)(=O)c1ccc2c(c1)CCCC2)C(=O)O. The number of hydrogen-bond donors (Lipinski definition) is 3. The van der Waals surface area contributed by atoms with Crippen molar-refractivity contribution in [3.63, 3.8) is 0 Å². The van der Waals surface area contributed by atoms with Crippen LogP contribution in [0.15, 0.2) is 23.1 Å². The van der Waals surface area contributed by atoms with Crippen molar-refractivity contribution in [3.05, 3.63) is 29.3 Å². The first-order valence-corrected chi connectivity index (χ1v) is 10.8. The van der Waals surface area contributed by atoms with E-state index < -0.39 is 27.9 Å². The van der Waals surface area contributed by atoms with E-state index >= 15 is 0 Å². The minimum atomic E-state index is -3.70. The Morgan fingerprint density at radius 2 is 1.81 bits per heavy atom. The minimum Gasteiger partial charge on any atom is -0.480 e. The zero-order valence-electron chi connectivity index (χ0n) is 15.8. The van der Waals surface area contributed by atoms with Gasteiger partial charge in [-0.2, -0.15) is 0 Å². The van der Waals surface area contributed by atoms with E-state index in [1.807, 2.05) is 19.9 Å². The van der Waals surface area contributed by atoms with Crippen molar-refractivity contribution in [3.8, 4) is 0 Å². The number of amides is 1. The molecule has 1 aliphatic carbocycles. The molecule has 1 aromatic carbocycles. The van der Waals surface area contributed by atoms with E-state index in [1.54, 1.807) is 12.1 Å². The van der Waals surface area contributed by atoms with Gasteiger partial charge in [-0.25, -0.2) is 17.9 Å². The maximum atomic E-state index is 12.4. The van der Waals surface area contributed by atoms with Gasteiger partial charge in [-0.3, -0.25) is 4.79 Å². The molecule has 2 rings (SSSR count). The molecular formula is C19H28N2O5S. The molecule has 0 fully saturated rings. The summed E-state index contributed by atoms with van der Waals surface area (Å²) in [5.41, 5.74) is 2.27. The summed E-state index contributed by atoms with van der Waals surface area (Å²) in [6, 6.07) is 4.20. The number of carboxylic acids is 1. The van der Waals surface area contributed by atoms with Crippen LogP contribution in [-0.4, -0.2) is 38.0 Å². The van der Waals surface area contributed by atoms with E-state index in [1.165, 1.54) is 5.56 Å². The molecule has 8 heteroatoms. The third-order valence-corrected chi connectivity index (χ3v) is 6.07. The lowest BCUT2D eigenvalue weighted by Crippen LogP contribution is -2.42. The first-order valence-electron chi connectivity index (χ1n) is 9.32. The Morgan fingerprint density at radius 1 is 1.15 bits per heavy atom. The fraction of sp³-hybridized carbons (Fsp3) is 0.579. The van der Waals surface area contributed by atoms with Crippen molar-refractivity contribution in [1.82, 2.24) is 10.0 Å². The van der Waals surface area contributed by atoms with Gasteiger partial charge in [-0.05, 0) is 61.3 Å². The highest BCUT2D eigenvalue weighted by Gasteiger charge is 2.22. The van der Waals surface area contributed by atoms with Gasteiger partial charge >= 0.3 is 5.97 Å². The number of nitrogens with one attached hydrogen (secondary N) is 2. The summed E-state index contributed by atoms with van der Waals surface area (Å²) in [5.74, 6) is -1.46. The number of hydrogen-bond acceptors (Lipinski definition) is 4. The van der Waals surface area contributed by atoms with Crippen LogP contribution in [0.1, 0.15) is 50.7 Å². The van der Waals surface area contributed by atoms with Crippen molar-refractivity contribution in [2.75, 3.05) is 6.54 Å². The number of carbonyl (C=O) groups excluding carboxylic acids is 1. The number of rotatable bonds is 9. The Bertz CT molecular complexity index is 789. The quantitative estimate of drug-likeness (QED) is 0.590. The molecule has 0 saturated heterocycles. The van der Waals surface area contributed by atoms with Crippen LogP contribution in [0.25, 0.3) is 0 Å². The molecular weight excluding hydrogens is 368 g/mol. The maximum Gasteiger partial charge on any atom is 0.326 e. The average Bonchev–Trinajstić information content (AvgIpc) is 2.60. The Morgan fingerprint density at radius 3 is 2.44 bits per heavy atom. The lowest BCUT2D eigenvalue weighted by molar-refractivity contribution is -0.142. The number of carbonyl (C=O) groups is 2. The molecule has 0 heterocycles. The summed E-state index contributed by atoms with van der Waals surface area (Å²) in [6.07, 6.45) is 4.25. The van der Waals surface area contributed by atoms with Crippen LogP contribution >= 0.6 is 0 Å². The molecule has 1 amide bonds. The summed E-state index contributed by atoms with van der Waals surface area (Å²) in [4.78, 5) is 23.3. The number of aryl methyl sites for hydroxylation is 2. The second-order valence-electron chi connectivity index (χ2n) is 7.37. The van der Waals surface area contributed by atoms with Gasteiger partial charge in [0.05, 0.1) is 4.90 Å². The fourth-order valence-corrected chi connectivity index (χ4v) is 4.30. The van der Waals surface area contributed by atoms with Gasteiger partial charge in [-0.15, -0.1) is 0 Å². The number of fused-ring (bicyclic) bond motifs is 1. The van der Waals surface area contributed by atoms with E-state index in [9.17, 15) is 18.0 Å². The van der Waals surface area contributed by atoms with E-state index in [0.29, 0.717) is 6.42 Å². The molecule has 1 aliphatic rings. The van der Waals surface area contributed by atoms with Crippen LogP contribution in [0.2, 0.25) is 0 Å². The molecule has 0 radical (unpaired) electrons. The predicted octanol–water partition coefficient (Wildman–Crippen LogP) is 1.85. The molecule has 1 aromatic rings. The summed E-state index contributed by atoms with van der Waals surface area (Å²) >= 11 is 0. The highest BCUT2D eigenvalue weighted by molar-refractivity contribution is 7.89. The van der Waals surface area contributed by atoms with Crippen molar-refractivity contribution >= 4 is 21.9 Å². The van der Waals surface area contributed by atoms with Gasteiger partial charge in [0, 0.05) is 13.0 Å². The predicted molar refractivity (Wildman–Crippen MR) is 102 cm³/mol. The van der Waals surface area contributed by atoms with E-state index in [4.69, 9.17) is 5.11 Å². The minimum absolute atomic E-state index is 0.0841. The van der Waals surface area contributed by atoms with Crippen LogP contribution in [0, 0.1) is 5.92 Å². The number of carboxylic acid groups (broad SMARTS) is 1. The maximum absolute atomic E-state index is 12.4. The molecule has 150 valence electrons. The lowest BCUT2D eigenvalue weighted by atomic mass is 9.92. The van der Waals surface area contributed by atoms with Crippen molar-refractivity contribution in [2.45, 2.75) is 63.3 Å². The Kier molecular flexibility index (Phi) is 7.38. The zero-order valence-corrected chi connectivity index (χ0v) is 16.6. The molecule has 0 saturated carbocycles. The molecule has 1 atom stereocenters. The van der Waals surface area contributed by atoms with Gasteiger partial charge in [0.15, 0.2) is 0 Å². The third-order valence-electron chi connectivity index (χ3n) is 4.61. The topological polar surface area (TPSA) is 113 Å². The molecule has 0 bridgehead atoms. The zero-order chi connectivity index (χ0) is 20.0. The van der Waals surface area contributed by atoms with Gasteiger partial charge in [0.1, 0.15) is 6.04 Å². The van der Waals surface area contributed by atoms with Crippen LogP contribution in [-0.2, 0) is 32.5 Å². The number of aliphatic carboxylic acids is 1. The Labute approximate surface area is 160 Å². The lowest BCUT2D eigenvalue weighted by Gasteiger charge is -2.17. The molecule has 0 spiro atoms. The second-order valence-corrected chi connectivity index (χ2v) is 9.14. The van der Waals surface area contributed by atoms with Crippen LogP contribution in [0.5, 0.6) is 0 Å². The summed E-state index contributed by atoms with van der Waals surface area (Å²) in [7, 11) is -3.70. The molecule has 27 heavy (non-hydrogen) atoms. The van der Waals surface area contributed by atoms with Gasteiger partial charge in [-0.1, -0.05) is 19.9 Å². The van der Waals surface area contributed by atoms with Crippen LogP contribution < -0.4 is 10.0 Å². The molecule has 0 aliphatic heterocycles. The summed E-state index contributed by atoms with van der Waals surface area (Å²) in [5, 5.41) is 11.6. The monoisotopic (exact) mass is 396 g/mol. The van der Waals surface area contributed by atoms with Crippen molar-refractivity contribution in [1.29, 1.82) is 0 Å². The number of benzene rings is 1. The molecule has 3 N–H and O–H groups in total. The van der Waals surface area contributed by atoms with Crippen molar-refractivity contribution < 1.29 is 23.1 Å². The van der Waals surface area contributed by atoms with Gasteiger partial charge in [0.25, 0.3) is 0 Å².